The monoisotopic (exact) mass is 306 g/mol. The third-order valence-corrected chi connectivity index (χ3v) is 4.63. The molecule has 1 aromatic heterocycles. The third-order valence-electron chi connectivity index (χ3n) is 4.39. The summed E-state index contributed by atoms with van der Waals surface area (Å²) in [5.41, 5.74) is 2.10. The Bertz CT molecular complexity index is 635. The van der Waals surface area contributed by atoms with Crippen molar-refractivity contribution in [2.45, 2.75) is 58.1 Å². The molecule has 0 spiro atoms. The lowest BCUT2D eigenvalue weighted by atomic mass is 10.1. The zero-order chi connectivity index (χ0) is 15.0. The lowest BCUT2D eigenvalue weighted by Gasteiger charge is -2.20. The minimum Gasteiger partial charge on any atom is -0.489 e. The van der Waals surface area contributed by atoms with Crippen LogP contribution in [0.5, 0.6) is 5.75 Å². The average molecular weight is 307 g/mol. The fraction of sp³-hybridized carbons (Fsp3) is 0.588. The van der Waals surface area contributed by atoms with Gasteiger partial charge in [0.05, 0.1) is 17.5 Å². The van der Waals surface area contributed by atoms with Crippen molar-refractivity contribution >= 4 is 22.6 Å². The molecule has 3 nitrogen and oxygen atoms in total. The van der Waals surface area contributed by atoms with E-state index in [1.807, 2.05) is 19.9 Å². The number of rotatable bonds is 4. The molecule has 1 aliphatic carbocycles. The van der Waals surface area contributed by atoms with Gasteiger partial charge >= 0.3 is 0 Å². The molecule has 1 heterocycles. The molecule has 114 valence electrons. The molecule has 0 radical (unpaired) electrons. The first-order chi connectivity index (χ1) is 10.1. The summed E-state index contributed by atoms with van der Waals surface area (Å²) < 4.78 is 8.27. The van der Waals surface area contributed by atoms with Crippen LogP contribution in [0.3, 0.4) is 0 Å². The number of halogens is 1. The Morgan fingerprint density at radius 1 is 1.38 bits per heavy atom. The minimum atomic E-state index is 0.144. The molecule has 0 aliphatic heterocycles. The zero-order valence-corrected chi connectivity index (χ0v) is 13.7. The van der Waals surface area contributed by atoms with Gasteiger partial charge in [0, 0.05) is 6.04 Å². The lowest BCUT2D eigenvalue weighted by Crippen LogP contribution is -2.14. The van der Waals surface area contributed by atoms with E-state index in [9.17, 15) is 0 Å². The number of aromatic nitrogens is 2. The van der Waals surface area contributed by atoms with E-state index in [-0.39, 0.29) is 6.10 Å². The third kappa shape index (κ3) is 2.64. The Morgan fingerprint density at radius 2 is 2.19 bits per heavy atom. The van der Waals surface area contributed by atoms with Gasteiger partial charge in [0.2, 0.25) is 0 Å². The summed E-state index contributed by atoms with van der Waals surface area (Å²) in [6, 6.07) is 6.69. The van der Waals surface area contributed by atoms with Crippen LogP contribution < -0.4 is 4.74 Å². The van der Waals surface area contributed by atoms with Crippen molar-refractivity contribution in [1.29, 1.82) is 0 Å². The van der Waals surface area contributed by atoms with E-state index in [1.54, 1.807) is 0 Å². The van der Waals surface area contributed by atoms with Gasteiger partial charge in [-0.1, -0.05) is 19.4 Å². The van der Waals surface area contributed by atoms with E-state index in [1.165, 1.54) is 19.3 Å². The van der Waals surface area contributed by atoms with Gasteiger partial charge in [-0.2, -0.15) is 0 Å². The number of nitrogens with zero attached hydrogens (tertiary/aromatic N) is 2. The van der Waals surface area contributed by atoms with Gasteiger partial charge in [0.1, 0.15) is 17.1 Å². The number of para-hydroxylation sites is 1. The molecule has 1 aliphatic rings. The van der Waals surface area contributed by atoms with E-state index >= 15 is 0 Å². The Kier molecular flexibility index (Phi) is 4.12. The normalized spacial score (nSPS) is 22.3. The Labute approximate surface area is 131 Å². The van der Waals surface area contributed by atoms with Crippen LogP contribution in [0.1, 0.15) is 51.9 Å². The minimum absolute atomic E-state index is 0.144. The van der Waals surface area contributed by atoms with Crippen molar-refractivity contribution in [1.82, 2.24) is 9.55 Å². The molecule has 1 aromatic carbocycles. The van der Waals surface area contributed by atoms with Crippen LogP contribution in [0.15, 0.2) is 18.2 Å². The molecule has 1 saturated carbocycles. The fourth-order valence-electron chi connectivity index (χ4n) is 3.46. The predicted octanol–water partition coefficient (Wildman–Crippen LogP) is 4.92. The number of fused-ring (bicyclic) bond motifs is 1. The number of alkyl halides is 1. The van der Waals surface area contributed by atoms with Gasteiger partial charge in [0.15, 0.2) is 0 Å². The fourth-order valence-corrected chi connectivity index (χ4v) is 3.65. The van der Waals surface area contributed by atoms with Crippen molar-refractivity contribution in [2.75, 3.05) is 0 Å². The Balaban J connectivity index is 2.14. The summed E-state index contributed by atoms with van der Waals surface area (Å²) in [5, 5.41) is 0. The standard InChI is InChI=1S/C17H23ClN2O/c1-11(2)21-15-9-5-8-14-17(15)19-16(10-18)20(14)13-7-4-6-12(13)3/h5,8-9,11-13H,4,6-7,10H2,1-3H3. The Hall–Kier alpha value is -1.22. The molecule has 2 aromatic rings. The second-order valence-corrected chi connectivity index (χ2v) is 6.56. The van der Waals surface area contributed by atoms with Gasteiger partial charge in [0.25, 0.3) is 0 Å². The summed E-state index contributed by atoms with van der Waals surface area (Å²) in [5.74, 6) is 2.95. The first-order valence-electron chi connectivity index (χ1n) is 7.84. The van der Waals surface area contributed by atoms with Gasteiger partial charge in [-0.15, -0.1) is 11.6 Å². The van der Waals surface area contributed by atoms with Crippen molar-refractivity contribution in [3.63, 3.8) is 0 Å². The summed E-state index contributed by atoms with van der Waals surface area (Å²) in [6.07, 6.45) is 3.93. The highest BCUT2D eigenvalue weighted by Gasteiger charge is 2.28. The van der Waals surface area contributed by atoms with Gasteiger partial charge < -0.3 is 9.30 Å². The van der Waals surface area contributed by atoms with Crippen LogP contribution in [0.4, 0.5) is 0 Å². The van der Waals surface area contributed by atoms with E-state index in [0.29, 0.717) is 17.8 Å². The number of benzene rings is 1. The first-order valence-corrected chi connectivity index (χ1v) is 8.37. The molecule has 2 unspecified atom stereocenters. The number of hydrogen-bond donors (Lipinski definition) is 0. The quantitative estimate of drug-likeness (QED) is 0.749. The molecule has 1 fully saturated rings. The summed E-state index contributed by atoms with van der Waals surface area (Å²) in [4.78, 5) is 4.77. The molecule has 0 bridgehead atoms. The molecule has 3 rings (SSSR count). The molecule has 0 N–H and O–H groups in total. The molecule has 4 heteroatoms. The molecule has 0 saturated heterocycles. The maximum atomic E-state index is 6.16. The predicted molar refractivity (Wildman–Crippen MR) is 87.1 cm³/mol. The van der Waals surface area contributed by atoms with Crippen LogP contribution in [0.25, 0.3) is 11.0 Å². The summed E-state index contributed by atoms with van der Waals surface area (Å²) in [6.45, 7) is 6.41. The maximum absolute atomic E-state index is 6.16. The van der Waals surface area contributed by atoms with Crippen LogP contribution in [0.2, 0.25) is 0 Å². The summed E-state index contributed by atoms with van der Waals surface area (Å²) in [7, 11) is 0. The van der Waals surface area contributed by atoms with Crippen LogP contribution in [-0.4, -0.2) is 15.7 Å². The van der Waals surface area contributed by atoms with Crippen LogP contribution >= 0.6 is 11.6 Å². The van der Waals surface area contributed by atoms with Crippen molar-refractivity contribution in [3.05, 3.63) is 24.0 Å². The van der Waals surface area contributed by atoms with Crippen molar-refractivity contribution in [3.8, 4) is 5.75 Å². The number of hydrogen-bond acceptors (Lipinski definition) is 2. The highest BCUT2D eigenvalue weighted by atomic mass is 35.5. The van der Waals surface area contributed by atoms with Crippen LogP contribution in [0, 0.1) is 5.92 Å². The molecular weight excluding hydrogens is 284 g/mol. The highest BCUT2D eigenvalue weighted by Crippen LogP contribution is 2.39. The topological polar surface area (TPSA) is 27.1 Å². The molecule has 2 atom stereocenters. The van der Waals surface area contributed by atoms with Gasteiger partial charge in [-0.25, -0.2) is 4.98 Å². The molecule has 21 heavy (non-hydrogen) atoms. The van der Waals surface area contributed by atoms with E-state index in [0.717, 1.165) is 22.6 Å². The van der Waals surface area contributed by atoms with Gasteiger partial charge in [-0.3, -0.25) is 0 Å². The van der Waals surface area contributed by atoms with E-state index in [2.05, 4.69) is 23.6 Å². The SMILES string of the molecule is CC(C)Oc1cccc2c1nc(CCl)n2C1CCCC1C. The largest absolute Gasteiger partial charge is 0.489 e. The molecule has 0 amide bonds. The first kappa shape index (κ1) is 14.7. The van der Waals surface area contributed by atoms with E-state index in [4.69, 9.17) is 21.3 Å². The second-order valence-electron chi connectivity index (χ2n) is 6.30. The van der Waals surface area contributed by atoms with Crippen molar-refractivity contribution < 1.29 is 4.74 Å². The number of imidazole rings is 1. The van der Waals surface area contributed by atoms with E-state index < -0.39 is 0 Å². The Morgan fingerprint density at radius 3 is 2.81 bits per heavy atom. The number of ether oxygens (including phenoxy) is 1. The smallest absolute Gasteiger partial charge is 0.147 e. The lowest BCUT2D eigenvalue weighted by molar-refractivity contribution is 0.245. The van der Waals surface area contributed by atoms with Gasteiger partial charge in [-0.05, 0) is 44.7 Å². The van der Waals surface area contributed by atoms with Crippen molar-refractivity contribution in [2.24, 2.45) is 5.92 Å². The summed E-state index contributed by atoms with van der Waals surface area (Å²) >= 11 is 6.16. The van der Waals surface area contributed by atoms with Crippen LogP contribution in [-0.2, 0) is 5.88 Å². The maximum Gasteiger partial charge on any atom is 0.147 e. The zero-order valence-electron chi connectivity index (χ0n) is 13.0. The molecular formula is C17H23ClN2O. The average Bonchev–Trinajstić information content (AvgIpc) is 3.01. The highest BCUT2D eigenvalue weighted by molar-refractivity contribution is 6.16. The second kappa shape index (κ2) is 5.88.